The van der Waals surface area contributed by atoms with E-state index in [0.717, 1.165) is 22.7 Å². The van der Waals surface area contributed by atoms with Crippen LogP contribution in [0.4, 0.5) is 4.39 Å². The van der Waals surface area contributed by atoms with E-state index in [-0.39, 0.29) is 11.9 Å². The van der Waals surface area contributed by atoms with E-state index in [1.165, 1.54) is 12.1 Å². The zero-order chi connectivity index (χ0) is 13.7. The van der Waals surface area contributed by atoms with E-state index in [1.54, 1.807) is 23.9 Å². The maximum Gasteiger partial charge on any atom is 0.138 e. The SMILES string of the molecule is CC(N)Cc1cnc(CSc2ccc(F)cc2)nc1. The molecule has 2 N–H and O–H groups in total. The molecule has 0 bridgehead atoms. The summed E-state index contributed by atoms with van der Waals surface area (Å²) >= 11 is 1.59. The Bertz CT molecular complexity index is 511. The standard InChI is InChI=1S/C14H16FN3S/c1-10(16)6-11-7-17-14(18-8-11)9-19-13-4-2-12(15)3-5-13/h2-5,7-8,10H,6,9,16H2,1H3. The van der Waals surface area contributed by atoms with Gasteiger partial charge in [-0.3, -0.25) is 0 Å². The Labute approximate surface area is 116 Å². The number of halogens is 1. The van der Waals surface area contributed by atoms with Crippen molar-refractivity contribution in [2.24, 2.45) is 5.73 Å². The molecule has 100 valence electrons. The van der Waals surface area contributed by atoms with Crippen molar-refractivity contribution in [3.63, 3.8) is 0 Å². The Kier molecular flexibility index (Phi) is 4.87. The minimum absolute atomic E-state index is 0.114. The number of hydrogen-bond acceptors (Lipinski definition) is 4. The van der Waals surface area contributed by atoms with Crippen LogP contribution in [-0.2, 0) is 12.2 Å². The molecule has 0 fully saturated rings. The summed E-state index contributed by atoms with van der Waals surface area (Å²) in [7, 11) is 0. The molecule has 5 heteroatoms. The van der Waals surface area contributed by atoms with Crippen molar-refractivity contribution in [2.75, 3.05) is 0 Å². The molecule has 2 rings (SSSR count). The number of nitrogens with two attached hydrogens (primary N) is 1. The molecular formula is C14H16FN3S. The van der Waals surface area contributed by atoms with Crippen LogP contribution in [0.3, 0.4) is 0 Å². The predicted molar refractivity (Wildman–Crippen MR) is 75.3 cm³/mol. The highest BCUT2D eigenvalue weighted by atomic mass is 32.2. The van der Waals surface area contributed by atoms with Gasteiger partial charge in [0.25, 0.3) is 0 Å². The molecule has 0 aliphatic heterocycles. The second-order valence-corrected chi connectivity index (χ2v) is 5.48. The van der Waals surface area contributed by atoms with Crippen molar-refractivity contribution in [2.45, 2.75) is 30.0 Å². The number of benzene rings is 1. The average molecular weight is 277 g/mol. The lowest BCUT2D eigenvalue weighted by molar-refractivity contribution is 0.626. The molecular weight excluding hydrogens is 261 g/mol. The maximum absolute atomic E-state index is 12.8. The van der Waals surface area contributed by atoms with E-state index in [0.29, 0.717) is 5.75 Å². The number of nitrogens with zero attached hydrogens (tertiary/aromatic N) is 2. The van der Waals surface area contributed by atoms with E-state index in [1.807, 2.05) is 19.3 Å². The van der Waals surface area contributed by atoms with Crippen LogP contribution >= 0.6 is 11.8 Å². The number of hydrogen-bond donors (Lipinski definition) is 1. The Balaban J connectivity index is 1.91. The normalized spacial score (nSPS) is 12.4. The predicted octanol–water partition coefficient (Wildman–Crippen LogP) is 2.80. The monoisotopic (exact) mass is 277 g/mol. The quantitative estimate of drug-likeness (QED) is 0.854. The fraction of sp³-hybridized carbons (Fsp3) is 0.286. The van der Waals surface area contributed by atoms with Crippen molar-refractivity contribution in [1.82, 2.24) is 9.97 Å². The Morgan fingerprint density at radius 3 is 2.42 bits per heavy atom. The molecule has 3 nitrogen and oxygen atoms in total. The van der Waals surface area contributed by atoms with Crippen LogP contribution < -0.4 is 5.73 Å². The lowest BCUT2D eigenvalue weighted by Gasteiger charge is -2.05. The van der Waals surface area contributed by atoms with Gasteiger partial charge < -0.3 is 5.73 Å². The molecule has 2 aromatic rings. The van der Waals surface area contributed by atoms with Crippen molar-refractivity contribution in [1.29, 1.82) is 0 Å². The van der Waals surface area contributed by atoms with Gasteiger partial charge in [0.2, 0.25) is 0 Å². The molecule has 0 amide bonds. The van der Waals surface area contributed by atoms with Gasteiger partial charge >= 0.3 is 0 Å². The molecule has 0 spiro atoms. The molecule has 19 heavy (non-hydrogen) atoms. The van der Waals surface area contributed by atoms with Crippen LogP contribution in [0.2, 0.25) is 0 Å². The van der Waals surface area contributed by atoms with Gasteiger partial charge in [-0.15, -0.1) is 11.8 Å². The molecule has 1 aromatic carbocycles. The summed E-state index contributed by atoms with van der Waals surface area (Å²) in [5.41, 5.74) is 6.77. The second kappa shape index (κ2) is 6.63. The zero-order valence-electron chi connectivity index (χ0n) is 10.7. The molecule has 1 unspecified atom stereocenters. The first-order valence-corrected chi connectivity index (χ1v) is 7.06. The smallest absolute Gasteiger partial charge is 0.138 e. The highest BCUT2D eigenvalue weighted by molar-refractivity contribution is 7.98. The Morgan fingerprint density at radius 1 is 1.21 bits per heavy atom. The minimum Gasteiger partial charge on any atom is -0.328 e. The van der Waals surface area contributed by atoms with Gasteiger partial charge in [0.1, 0.15) is 11.6 Å². The van der Waals surface area contributed by atoms with E-state index in [4.69, 9.17) is 5.73 Å². The number of rotatable bonds is 5. The second-order valence-electron chi connectivity index (χ2n) is 4.43. The van der Waals surface area contributed by atoms with E-state index >= 15 is 0 Å². The zero-order valence-corrected chi connectivity index (χ0v) is 11.5. The summed E-state index contributed by atoms with van der Waals surface area (Å²) in [4.78, 5) is 9.61. The maximum atomic E-state index is 12.8. The Hall–Kier alpha value is -1.46. The summed E-state index contributed by atoms with van der Waals surface area (Å²) in [5.74, 6) is 1.22. The average Bonchev–Trinajstić information content (AvgIpc) is 2.39. The van der Waals surface area contributed by atoms with Crippen molar-refractivity contribution in [3.05, 3.63) is 53.9 Å². The largest absolute Gasteiger partial charge is 0.328 e. The molecule has 1 heterocycles. The third-order valence-corrected chi connectivity index (χ3v) is 3.51. The van der Waals surface area contributed by atoms with E-state index in [9.17, 15) is 4.39 Å². The van der Waals surface area contributed by atoms with Gasteiger partial charge in [0, 0.05) is 23.3 Å². The van der Waals surface area contributed by atoms with Crippen LogP contribution in [0.25, 0.3) is 0 Å². The third kappa shape index (κ3) is 4.61. The highest BCUT2D eigenvalue weighted by Crippen LogP contribution is 2.21. The summed E-state index contributed by atoms with van der Waals surface area (Å²) in [6.45, 7) is 1.96. The van der Waals surface area contributed by atoms with Crippen LogP contribution in [0.15, 0.2) is 41.6 Å². The van der Waals surface area contributed by atoms with Crippen LogP contribution in [-0.4, -0.2) is 16.0 Å². The number of thioether (sulfide) groups is 1. The molecule has 0 saturated heterocycles. The van der Waals surface area contributed by atoms with Gasteiger partial charge in [0.15, 0.2) is 0 Å². The van der Waals surface area contributed by atoms with Gasteiger partial charge in [-0.05, 0) is 43.2 Å². The molecule has 0 aliphatic carbocycles. The van der Waals surface area contributed by atoms with Crippen molar-refractivity contribution in [3.8, 4) is 0 Å². The van der Waals surface area contributed by atoms with Gasteiger partial charge in [-0.2, -0.15) is 0 Å². The molecule has 1 atom stereocenters. The summed E-state index contributed by atoms with van der Waals surface area (Å²) in [5, 5.41) is 0. The van der Waals surface area contributed by atoms with Gasteiger partial charge in [-0.1, -0.05) is 0 Å². The van der Waals surface area contributed by atoms with Crippen LogP contribution in [0, 0.1) is 5.82 Å². The Morgan fingerprint density at radius 2 is 1.84 bits per heavy atom. The first kappa shape index (κ1) is 14.0. The third-order valence-electron chi connectivity index (χ3n) is 2.50. The number of aromatic nitrogens is 2. The minimum atomic E-state index is -0.221. The van der Waals surface area contributed by atoms with E-state index in [2.05, 4.69) is 9.97 Å². The van der Waals surface area contributed by atoms with Gasteiger partial charge in [-0.25, -0.2) is 14.4 Å². The van der Waals surface area contributed by atoms with Crippen molar-refractivity contribution >= 4 is 11.8 Å². The molecule has 1 aromatic heterocycles. The molecule has 0 radical (unpaired) electrons. The summed E-state index contributed by atoms with van der Waals surface area (Å²) in [6.07, 6.45) is 4.42. The topological polar surface area (TPSA) is 51.8 Å². The molecule has 0 aliphatic rings. The van der Waals surface area contributed by atoms with Gasteiger partial charge in [0.05, 0.1) is 5.75 Å². The fourth-order valence-electron chi connectivity index (χ4n) is 1.61. The first-order valence-electron chi connectivity index (χ1n) is 6.07. The highest BCUT2D eigenvalue weighted by Gasteiger charge is 2.02. The summed E-state index contributed by atoms with van der Waals surface area (Å²) < 4.78 is 12.8. The van der Waals surface area contributed by atoms with E-state index < -0.39 is 0 Å². The fourth-order valence-corrected chi connectivity index (χ4v) is 2.39. The lowest BCUT2D eigenvalue weighted by atomic mass is 10.1. The lowest BCUT2D eigenvalue weighted by Crippen LogP contribution is -2.18. The first-order chi connectivity index (χ1) is 9.13. The summed E-state index contributed by atoms with van der Waals surface area (Å²) in [6, 6.07) is 6.53. The van der Waals surface area contributed by atoms with Crippen molar-refractivity contribution < 1.29 is 4.39 Å². The van der Waals surface area contributed by atoms with Crippen LogP contribution in [0.5, 0.6) is 0 Å². The molecule has 0 saturated carbocycles. The van der Waals surface area contributed by atoms with Crippen LogP contribution in [0.1, 0.15) is 18.3 Å².